The smallest absolute Gasteiger partial charge is 0.159 e. The number of imidazole rings is 1. The molecule has 0 amide bonds. The highest BCUT2D eigenvalue weighted by atomic mass is 79.9. The van der Waals surface area contributed by atoms with Gasteiger partial charge in [-0.25, -0.2) is 4.98 Å². The fourth-order valence-electron chi connectivity index (χ4n) is 5.57. The third kappa shape index (κ3) is 4.67. The number of pyridine rings is 1. The van der Waals surface area contributed by atoms with Crippen molar-refractivity contribution in [2.24, 2.45) is 0 Å². The summed E-state index contributed by atoms with van der Waals surface area (Å²) in [5, 5.41) is 0. The summed E-state index contributed by atoms with van der Waals surface area (Å²) in [6, 6.07) is 28.0. The number of hydrogen-bond acceptors (Lipinski definition) is 2. The van der Waals surface area contributed by atoms with Crippen LogP contribution in [0.3, 0.4) is 0 Å². The minimum Gasteiger partial charge on any atom is -0.323 e. The molecule has 2 aromatic heterocycles. The van der Waals surface area contributed by atoms with Crippen LogP contribution in [-0.4, -0.2) is 14.5 Å². The SMILES string of the molecule is Brc1ccc2c(c1)-c1cc(Br)ccc1C(CCCCn1c(-c3ccccn3)nc3ccccc31)CC2. The summed E-state index contributed by atoms with van der Waals surface area (Å²) in [5.41, 5.74) is 8.83. The number of rotatable bonds is 6. The molecular weight excluding hydrogens is 574 g/mol. The molecule has 1 aliphatic rings. The van der Waals surface area contributed by atoms with E-state index in [9.17, 15) is 0 Å². The molecule has 1 unspecified atom stereocenters. The lowest BCUT2D eigenvalue weighted by Crippen LogP contribution is -2.04. The van der Waals surface area contributed by atoms with E-state index >= 15 is 0 Å². The third-order valence-electron chi connectivity index (χ3n) is 7.31. The minimum absolute atomic E-state index is 0.564. The van der Waals surface area contributed by atoms with Crippen LogP contribution in [0.15, 0.2) is 94.0 Å². The molecule has 0 fully saturated rings. The molecule has 3 nitrogen and oxygen atoms in total. The number of unbranched alkanes of at least 4 members (excludes halogenated alkanes) is 1. The number of fused-ring (bicyclic) bond motifs is 4. The van der Waals surface area contributed by atoms with Gasteiger partial charge >= 0.3 is 0 Å². The van der Waals surface area contributed by atoms with Gasteiger partial charge in [-0.05, 0) is 102 Å². The van der Waals surface area contributed by atoms with E-state index in [-0.39, 0.29) is 0 Å². The van der Waals surface area contributed by atoms with E-state index in [1.807, 2.05) is 24.4 Å². The van der Waals surface area contributed by atoms with Gasteiger partial charge < -0.3 is 4.57 Å². The van der Waals surface area contributed by atoms with Gasteiger partial charge in [-0.1, -0.05) is 68.6 Å². The van der Waals surface area contributed by atoms with Crippen molar-refractivity contribution in [2.45, 2.75) is 44.6 Å². The van der Waals surface area contributed by atoms with Crippen LogP contribution in [0.25, 0.3) is 33.7 Å². The molecule has 1 aliphatic carbocycles. The number of para-hydroxylation sites is 2. The van der Waals surface area contributed by atoms with Crippen molar-refractivity contribution >= 4 is 42.9 Å². The molecule has 0 N–H and O–H groups in total. The maximum absolute atomic E-state index is 4.92. The number of benzene rings is 3. The Balaban J connectivity index is 1.22. The molecule has 0 saturated heterocycles. The van der Waals surface area contributed by atoms with Crippen LogP contribution >= 0.6 is 31.9 Å². The topological polar surface area (TPSA) is 30.7 Å². The standard InChI is InChI=1S/C31H27Br2N3/c32-23-14-13-22-12-11-21(25-16-15-24(33)20-27(25)26(22)19-23)7-4-6-18-36-30-10-2-1-8-28(30)35-31(36)29-9-3-5-17-34-29/h1-3,5,8-10,13-17,19-21H,4,6-7,11-12,18H2. The second-order valence-electron chi connectivity index (χ2n) is 9.56. The van der Waals surface area contributed by atoms with Crippen molar-refractivity contribution in [3.8, 4) is 22.6 Å². The summed E-state index contributed by atoms with van der Waals surface area (Å²) < 4.78 is 4.63. The maximum Gasteiger partial charge on any atom is 0.159 e. The van der Waals surface area contributed by atoms with Gasteiger partial charge in [0.2, 0.25) is 0 Å². The quantitative estimate of drug-likeness (QED) is 0.182. The lowest BCUT2D eigenvalue weighted by atomic mass is 9.87. The van der Waals surface area contributed by atoms with Gasteiger partial charge in [-0.3, -0.25) is 4.98 Å². The number of hydrogen-bond donors (Lipinski definition) is 0. The Morgan fingerprint density at radius 2 is 1.64 bits per heavy atom. The Kier molecular flexibility index (Phi) is 6.77. The zero-order valence-electron chi connectivity index (χ0n) is 20.0. The van der Waals surface area contributed by atoms with Gasteiger partial charge in [0, 0.05) is 21.7 Å². The molecule has 2 heterocycles. The Morgan fingerprint density at radius 3 is 2.50 bits per heavy atom. The first-order valence-electron chi connectivity index (χ1n) is 12.6. The molecule has 3 aromatic carbocycles. The summed E-state index contributed by atoms with van der Waals surface area (Å²) >= 11 is 7.40. The van der Waals surface area contributed by atoms with Crippen molar-refractivity contribution in [3.63, 3.8) is 0 Å². The molecule has 180 valence electrons. The lowest BCUT2D eigenvalue weighted by molar-refractivity contribution is 0.519. The average molecular weight is 601 g/mol. The largest absolute Gasteiger partial charge is 0.323 e. The fraction of sp³-hybridized carbons (Fsp3) is 0.226. The van der Waals surface area contributed by atoms with Gasteiger partial charge in [0.15, 0.2) is 5.82 Å². The lowest BCUT2D eigenvalue weighted by Gasteiger charge is -2.18. The highest BCUT2D eigenvalue weighted by molar-refractivity contribution is 9.10. The first-order valence-corrected chi connectivity index (χ1v) is 14.2. The van der Waals surface area contributed by atoms with E-state index in [4.69, 9.17) is 4.98 Å². The number of aryl methyl sites for hydroxylation is 2. The second kappa shape index (κ2) is 10.3. The summed E-state index contributed by atoms with van der Waals surface area (Å²) in [6.07, 6.45) is 7.63. The molecule has 5 heteroatoms. The molecule has 0 bridgehead atoms. The predicted molar refractivity (Wildman–Crippen MR) is 155 cm³/mol. The fourth-order valence-corrected chi connectivity index (χ4v) is 6.30. The van der Waals surface area contributed by atoms with Crippen molar-refractivity contribution in [2.75, 3.05) is 0 Å². The van der Waals surface area contributed by atoms with E-state index in [1.165, 1.54) is 47.0 Å². The molecular formula is C31H27Br2N3. The monoisotopic (exact) mass is 599 g/mol. The van der Waals surface area contributed by atoms with Crippen LogP contribution in [0.2, 0.25) is 0 Å². The van der Waals surface area contributed by atoms with Crippen LogP contribution in [0, 0.1) is 0 Å². The number of nitrogens with zero attached hydrogens (tertiary/aromatic N) is 3. The Hall–Kier alpha value is -2.76. The molecule has 0 radical (unpaired) electrons. The van der Waals surface area contributed by atoms with Gasteiger partial charge in [0.25, 0.3) is 0 Å². The Morgan fingerprint density at radius 1 is 0.833 bits per heavy atom. The van der Waals surface area contributed by atoms with Crippen molar-refractivity contribution in [1.82, 2.24) is 14.5 Å². The zero-order valence-corrected chi connectivity index (χ0v) is 23.2. The summed E-state index contributed by atoms with van der Waals surface area (Å²) in [7, 11) is 0. The van der Waals surface area contributed by atoms with Gasteiger partial charge in [0.05, 0.1) is 11.0 Å². The highest BCUT2D eigenvalue weighted by Crippen LogP contribution is 2.42. The van der Waals surface area contributed by atoms with Gasteiger partial charge in [-0.15, -0.1) is 0 Å². The molecule has 1 atom stereocenters. The normalized spacial score (nSPS) is 14.9. The number of halogens is 2. The minimum atomic E-state index is 0.564. The summed E-state index contributed by atoms with van der Waals surface area (Å²) in [4.78, 5) is 9.51. The zero-order chi connectivity index (χ0) is 24.5. The first kappa shape index (κ1) is 23.6. The van der Waals surface area contributed by atoms with E-state index < -0.39 is 0 Å². The Bertz CT molecular complexity index is 1520. The molecule has 0 saturated carbocycles. The van der Waals surface area contributed by atoms with Crippen molar-refractivity contribution < 1.29 is 0 Å². The maximum atomic E-state index is 4.92. The average Bonchev–Trinajstić information content (AvgIpc) is 3.21. The van der Waals surface area contributed by atoms with Crippen LogP contribution in [0.1, 0.15) is 42.7 Å². The summed E-state index contributed by atoms with van der Waals surface area (Å²) in [5.74, 6) is 1.52. The molecule has 0 spiro atoms. The first-order chi connectivity index (χ1) is 17.7. The molecule has 5 aromatic rings. The molecule has 36 heavy (non-hydrogen) atoms. The molecule has 6 rings (SSSR count). The third-order valence-corrected chi connectivity index (χ3v) is 8.30. The Labute approximate surface area is 228 Å². The summed E-state index contributed by atoms with van der Waals surface area (Å²) in [6.45, 7) is 0.944. The van der Waals surface area contributed by atoms with Gasteiger partial charge in [0.1, 0.15) is 5.69 Å². The van der Waals surface area contributed by atoms with E-state index in [0.717, 1.165) is 45.4 Å². The van der Waals surface area contributed by atoms with Crippen molar-refractivity contribution in [3.05, 3.63) is 105 Å². The second-order valence-corrected chi connectivity index (χ2v) is 11.4. The van der Waals surface area contributed by atoms with E-state index in [1.54, 1.807) is 0 Å². The van der Waals surface area contributed by atoms with Crippen LogP contribution in [0.5, 0.6) is 0 Å². The van der Waals surface area contributed by atoms with Crippen LogP contribution in [0.4, 0.5) is 0 Å². The number of aromatic nitrogens is 3. The predicted octanol–water partition coefficient (Wildman–Crippen LogP) is 9.19. The van der Waals surface area contributed by atoms with E-state index in [0.29, 0.717) is 5.92 Å². The van der Waals surface area contributed by atoms with Gasteiger partial charge in [-0.2, -0.15) is 0 Å². The molecule has 0 aliphatic heterocycles. The van der Waals surface area contributed by atoms with Crippen LogP contribution in [-0.2, 0) is 13.0 Å². The van der Waals surface area contributed by atoms with Crippen molar-refractivity contribution in [1.29, 1.82) is 0 Å². The van der Waals surface area contributed by atoms with E-state index in [2.05, 4.69) is 102 Å². The highest BCUT2D eigenvalue weighted by Gasteiger charge is 2.23. The van der Waals surface area contributed by atoms with Crippen LogP contribution < -0.4 is 0 Å².